The lowest BCUT2D eigenvalue weighted by atomic mass is 10.3. The number of aliphatic hydroxyl groups is 2. The fourth-order valence-electron chi connectivity index (χ4n) is 2.64. The molecule has 5 N–H and O–H groups in total. The van der Waals surface area contributed by atoms with Crippen molar-refractivity contribution in [3.63, 3.8) is 0 Å². The van der Waals surface area contributed by atoms with E-state index in [2.05, 4.69) is 20.3 Å². The van der Waals surface area contributed by atoms with E-state index >= 15 is 0 Å². The number of fused-ring (bicyclic) bond motifs is 1. The standard InChI is InChI=1S/C16H27N6O7P/c1-3-27-30(26,28-4-2)8-12(25)18-5-11(6-23)29-13(7-24)22-10-21-14-15(17)19-9-20-16(14)22/h9-11,13,23-24H,3-8H2,1-2H3,(H,18,25)(H2,17,19,20)/t11-,13-/m1/s1. The summed E-state index contributed by atoms with van der Waals surface area (Å²) in [6, 6.07) is 0. The number of nitrogen functional groups attached to an aromatic ring is 1. The highest BCUT2D eigenvalue weighted by molar-refractivity contribution is 7.54. The fraction of sp³-hybridized carbons (Fsp3) is 0.625. The number of nitrogens with two attached hydrogens (primary N) is 1. The zero-order valence-electron chi connectivity index (χ0n) is 16.8. The Morgan fingerprint density at radius 1 is 1.23 bits per heavy atom. The van der Waals surface area contributed by atoms with Crippen molar-refractivity contribution in [2.24, 2.45) is 0 Å². The predicted octanol–water partition coefficient (Wildman–Crippen LogP) is -0.341. The first kappa shape index (κ1) is 24.1. The number of ether oxygens (including phenoxy) is 1. The number of aromatic nitrogens is 4. The maximum absolute atomic E-state index is 12.4. The second-order valence-electron chi connectivity index (χ2n) is 6.07. The van der Waals surface area contributed by atoms with Crippen molar-refractivity contribution < 1.29 is 33.4 Å². The first-order valence-electron chi connectivity index (χ1n) is 9.32. The molecule has 0 bridgehead atoms. The number of carbonyl (C=O) groups is 1. The van der Waals surface area contributed by atoms with Crippen LogP contribution in [0.4, 0.5) is 5.82 Å². The van der Waals surface area contributed by atoms with Crippen LogP contribution in [0.3, 0.4) is 0 Å². The van der Waals surface area contributed by atoms with Crippen molar-refractivity contribution in [3.05, 3.63) is 12.7 Å². The van der Waals surface area contributed by atoms with Gasteiger partial charge in [-0.25, -0.2) is 15.0 Å². The molecule has 168 valence electrons. The molecule has 0 saturated heterocycles. The molecule has 2 rings (SSSR count). The van der Waals surface area contributed by atoms with Crippen molar-refractivity contribution in [1.82, 2.24) is 24.8 Å². The van der Waals surface area contributed by atoms with Crippen LogP contribution in [-0.2, 0) is 23.1 Å². The monoisotopic (exact) mass is 446 g/mol. The van der Waals surface area contributed by atoms with Gasteiger partial charge in [-0.15, -0.1) is 0 Å². The lowest BCUT2D eigenvalue weighted by Gasteiger charge is -2.24. The second kappa shape index (κ2) is 11.3. The Labute approximate surface area is 173 Å². The summed E-state index contributed by atoms with van der Waals surface area (Å²) in [4.78, 5) is 24.2. The molecular weight excluding hydrogens is 419 g/mol. The highest BCUT2D eigenvalue weighted by Crippen LogP contribution is 2.47. The van der Waals surface area contributed by atoms with E-state index < -0.39 is 45.2 Å². The molecule has 0 unspecified atom stereocenters. The van der Waals surface area contributed by atoms with Gasteiger partial charge in [-0.1, -0.05) is 0 Å². The third-order valence-electron chi connectivity index (χ3n) is 3.92. The van der Waals surface area contributed by atoms with E-state index in [4.69, 9.17) is 19.5 Å². The smallest absolute Gasteiger partial charge is 0.340 e. The quantitative estimate of drug-likeness (QED) is 0.295. The Balaban J connectivity index is 2.00. The fourth-order valence-corrected chi connectivity index (χ4v) is 4.14. The molecule has 14 heteroatoms. The Kier molecular flexibility index (Phi) is 9.08. The Morgan fingerprint density at radius 3 is 2.53 bits per heavy atom. The van der Waals surface area contributed by atoms with E-state index in [1.165, 1.54) is 17.2 Å². The first-order chi connectivity index (χ1) is 14.4. The van der Waals surface area contributed by atoms with Gasteiger partial charge in [0.15, 0.2) is 17.7 Å². The van der Waals surface area contributed by atoms with E-state index in [1.807, 2.05) is 0 Å². The SMILES string of the molecule is CCOP(=O)(CC(=O)NC[C@H](CO)O[C@H](CO)n1cnc2c(N)ncnc21)OCC. The third kappa shape index (κ3) is 6.17. The van der Waals surface area contributed by atoms with Gasteiger partial charge in [-0.3, -0.25) is 13.9 Å². The molecule has 30 heavy (non-hydrogen) atoms. The topological polar surface area (TPSA) is 184 Å². The lowest BCUT2D eigenvalue weighted by Crippen LogP contribution is -2.39. The van der Waals surface area contributed by atoms with Crippen molar-refractivity contribution in [2.75, 3.05) is 44.9 Å². The van der Waals surface area contributed by atoms with Crippen LogP contribution >= 0.6 is 7.60 Å². The minimum Gasteiger partial charge on any atom is -0.394 e. The minimum absolute atomic E-state index is 0.103. The van der Waals surface area contributed by atoms with Gasteiger partial charge in [0.2, 0.25) is 5.91 Å². The van der Waals surface area contributed by atoms with Crippen LogP contribution in [-0.4, -0.2) is 80.9 Å². The number of nitrogens with one attached hydrogen (secondary N) is 1. The zero-order valence-corrected chi connectivity index (χ0v) is 17.7. The number of nitrogens with zero attached hydrogens (tertiary/aromatic N) is 4. The average Bonchev–Trinajstić information content (AvgIpc) is 3.14. The summed E-state index contributed by atoms with van der Waals surface area (Å²) in [6.07, 6.45) is 0.351. The molecule has 0 aliphatic heterocycles. The van der Waals surface area contributed by atoms with E-state index in [1.54, 1.807) is 13.8 Å². The van der Waals surface area contributed by atoms with Crippen molar-refractivity contribution in [2.45, 2.75) is 26.2 Å². The van der Waals surface area contributed by atoms with Crippen LogP contribution in [0.15, 0.2) is 12.7 Å². The Hall–Kier alpha value is -2.15. The van der Waals surface area contributed by atoms with E-state index in [-0.39, 0.29) is 25.6 Å². The minimum atomic E-state index is -3.54. The van der Waals surface area contributed by atoms with Crippen LogP contribution < -0.4 is 11.1 Å². The number of rotatable bonds is 13. The van der Waals surface area contributed by atoms with Gasteiger partial charge in [0, 0.05) is 6.54 Å². The van der Waals surface area contributed by atoms with Gasteiger partial charge in [0.25, 0.3) is 0 Å². The number of aliphatic hydroxyl groups excluding tert-OH is 2. The highest BCUT2D eigenvalue weighted by Gasteiger charge is 2.28. The molecule has 2 atom stereocenters. The number of imidazole rings is 1. The summed E-state index contributed by atoms with van der Waals surface area (Å²) in [5, 5.41) is 21.9. The molecule has 0 aliphatic carbocycles. The van der Waals surface area contributed by atoms with Gasteiger partial charge >= 0.3 is 7.60 Å². The first-order valence-corrected chi connectivity index (χ1v) is 11.0. The summed E-state index contributed by atoms with van der Waals surface area (Å²) in [6.45, 7) is 2.56. The summed E-state index contributed by atoms with van der Waals surface area (Å²) in [5.74, 6) is -0.411. The molecular formula is C16H27N6O7P. The van der Waals surface area contributed by atoms with Crippen LogP contribution in [0.1, 0.15) is 20.1 Å². The summed E-state index contributed by atoms with van der Waals surface area (Å²) < 4.78 is 29.7. The molecule has 0 aliphatic rings. The van der Waals surface area contributed by atoms with Gasteiger partial charge < -0.3 is 35.0 Å². The Bertz CT molecular complexity index is 869. The van der Waals surface area contributed by atoms with Crippen molar-refractivity contribution in [1.29, 1.82) is 0 Å². The molecule has 0 saturated carbocycles. The molecule has 0 spiro atoms. The number of hydrogen-bond acceptors (Lipinski definition) is 11. The maximum Gasteiger partial charge on any atom is 0.340 e. The molecule has 0 fully saturated rings. The van der Waals surface area contributed by atoms with Gasteiger partial charge in [0.1, 0.15) is 24.1 Å². The average molecular weight is 446 g/mol. The van der Waals surface area contributed by atoms with E-state index in [0.29, 0.717) is 11.2 Å². The predicted molar refractivity (Wildman–Crippen MR) is 107 cm³/mol. The number of anilines is 1. The number of carbonyl (C=O) groups excluding carboxylic acids is 1. The zero-order chi connectivity index (χ0) is 22.1. The number of hydrogen-bond donors (Lipinski definition) is 4. The van der Waals surface area contributed by atoms with Crippen molar-refractivity contribution in [3.8, 4) is 0 Å². The second-order valence-corrected chi connectivity index (χ2v) is 8.12. The molecule has 2 aromatic heterocycles. The van der Waals surface area contributed by atoms with E-state index in [9.17, 15) is 19.6 Å². The summed E-state index contributed by atoms with van der Waals surface area (Å²) in [7, 11) is -3.54. The molecule has 2 aromatic rings. The van der Waals surface area contributed by atoms with Gasteiger partial charge in [-0.2, -0.15) is 0 Å². The lowest BCUT2D eigenvalue weighted by molar-refractivity contribution is -0.122. The third-order valence-corrected chi connectivity index (χ3v) is 5.90. The normalized spacial score (nSPS) is 14.0. The summed E-state index contributed by atoms with van der Waals surface area (Å²) in [5.41, 5.74) is 6.44. The molecule has 1 amide bonds. The van der Waals surface area contributed by atoms with Gasteiger partial charge in [-0.05, 0) is 13.8 Å². The van der Waals surface area contributed by atoms with Crippen LogP contribution in [0, 0.1) is 0 Å². The largest absolute Gasteiger partial charge is 0.394 e. The molecule has 13 nitrogen and oxygen atoms in total. The van der Waals surface area contributed by atoms with Crippen LogP contribution in [0.5, 0.6) is 0 Å². The van der Waals surface area contributed by atoms with Gasteiger partial charge in [0.05, 0.1) is 32.8 Å². The summed E-state index contributed by atoms with van der Waals surface area (Å²) >= 11 is 0. The van der Waals surface area contributed by atoms with Crippen LogP contribution in [0.25, 0.3) is 11.2 Å². The highest BCUT2D eigenvalue weighted by atomic mass is 31.2. The van der Waals surface area contributed by atoms with Crippen LogP contribution in [0.2, 0.25) is 0 Å². The van der Waals surface area contributed by atoms with Crippen molar-refractivity contribution >= 4 is 30.5 Å². The number of amides is 1. The molecule has 2 heterocycles. The Morgan fingerprint density at radius 2 is 1.93 bits per heavy atom. The van der Waals surface area contributed by atoms with E-state index in [0.717, 1.165) is 0 Å². The molecule has 0 aromatic carbocycles. The molecule has 0 radical (unpaired) electrons. The maximum atomic E-state index is 12.4.